The zero-order valence-corrected chi connectivity index (χ0v) is 10.2. The van der Waals surface area contributed by atoms with Gasteiger partial charge in [0.05, 0.1) is 0 Å². The summed E-state index contributed by atoms with van der Waals surface area (Å²) in [5.74, 6) is 2.41. The summed E-state index contributed by atoms with van der Waals surface area (Å²) in [6, 6.07) is 4.73. The molecule has 1 N–H and O–H groups in total. The Hall–Kier alpha value is -0.280. The molecule has 1 aliphatic rings. The Balaban J connectivity index is 1.97. The molecule has 0 aromatic carbocycles. The Kier molecular flexibility index (Phi) is 2.98. The van der Waals surface area contributed by atoms with Gasteiger partial charge in [-0.2, -0.15) is 0 Å². The van der Waals surface area contributed by atoms with E-state index < -0.39 is 0 Å². The van der Waals surface area contributed by atoms with E-state index in [0.717, 1.165) is 17.0 Å². The van der Waals surface area contributed by atoms with Gasteiger partial charge in [-0.3, -0.25) is 0 Å². The standard InChI is InChI=1S/C11H16BrNO/c1-3-13-9-6-8(7(9)2)10-4-5-11(12)14-10/h4-5,7-9,13H,3,6H2,1-2H3. The third kappa shape index (κ3) is 1.75. The van der Waals surface area contributed by atoms with E-state index in [1.807, 2.05) is 6.07 Å². The van der Waals surface area contributed by atoms with E-state index in [1.165, 1.54) is 6.42 Å². The molecular weight excluding hydrogens is 242 g/mol. The normalized spacial score (nSPS) is 31.5. The van der Waals surface area contributed by atoms with Crippen LogP contribution in [0, 0.1) is 5.92 Å². The lowest BCUT2D eigenvalue weighted by atomic mass is 9.69. The lowest BCUT2D eigenvalue weighted by Crippen LogP contribution is -2.47. The van der Waals surface area contributed by atoms with Gasteiger partial charge in [-0.05, 0) is 46.9 Å². The van der Waals surface area contributed by atoms with Gasteiger partial charge < -0.3 is 9.73 Å². The Bertz CT molecular complexity index is 310. The van der Waals surface area contributed by atoms with Crippen molar-refractivity contribution < 1.29 is 4.42 Å². The molecule has 0 bridgehead atoms. The van der Waals surface area contributed by atoms with Crippen LogP contribution >= 0.6 is 15.9 Å². The fourth-order valence-corrected chi connectivity index (χ4v) is 2.54. The molecule has 1 heterocycles. The zero-order valence-electron chi connectivity index (χ0n) is 8.59. The molecule has 0 radical (unpaired) electrons. The van der Waals surface area contributed by atoms with Crippen LogP contribution in [0.1, 0.15) is 31.9 Å². The van der Waals surface area contributed by atoms with Crippen LogP contribution in [0.2, 0.25) is 0 Å². The smallest absolute Gasteiger partial charge is 0.169 e. The summed E-state index contributed by atoms with van der Waals surface area (Å²) in [7, 11) is 0. The average molecular weight is 258 g/mol. The SMILES string of the molecule is CCNC1CC(c2ccc(Br)o2)C1C. The van der Waals surface area contributed by atoms with E-state index >= 15 is 0 Å². The molecule has 1 aromatic heterocycles. The molecule has 0 amide bonds. The summed E-state index contributed by atoms with van der Waals surface area (Å²) in [5.41, 5.74) is 0. The third-order valence-corrected chi connectivity index (χ3v) is 3.63. The summed E-state index contributed by atoms with van der Waals surface area (Å²) in [4.78, 5) is 0. The van der Waals surface area contributed by atoms with Crippen LogP contribution in [0.5, 0.6) is 0 Å². The summed E-state index contributed by atoms with van der Waals surface area (Å²) >= 11 is 3.34. The van der Waals surface area contributed by atoms with Gasteiger partial charge in [-0.1, -0.05) is 13.8 Å². The number of rotatable bonds is 3. The Morgan fingerprint density at radius 3 is 2.86 bits per heavy atom. The Labute approximate surface area is 93.2 Å². The minimum Gasteiger partial charge on any atom is -0.454 e. The fourth-order valence-electron chi connectivity index (χ4n) is 2.22. The molecule has 0 aliphatic heterocycles. The first-order valence-corrected chi connectivity index (χ1v) is 6.00. The first kappa shape index (κ1) is 10.2. The van der Waals surface area contributed by atoms with E-state index in [-0.39, 0.29) is 0 Å². The first-order chi connectivity index (χ1) is 6.72. The second-order valence-electron chi connectivity index (χ2n) is 4.01. The molecule has 0 saturated heterocycles. The van der Waals surface area contributed by atoms with Gasteiger partial charge >= 0.3 is 0 Å². The van der Waals surface area contributed by atoms with Gasteiger partial charge in [0.1, 0.15) is 5.76 Å². The molecule has 1 aliphatic carbocycles. The topological polar surface area (TPSA) is 25.2 Å². The molecule has 14 heavy (non-hydrogen) atoms. The zero-order chi connectivity index (χ0) is 10.1. The minimum atomic E-state index is 0.602. The third-order valence-electron chi connectivity index (χ3n) is 3.20. The summed E-state index contributed by atoms with van der Waals surface area (Å²) in [5, 5.41) is 3.48. The molecule has 3 heteroatoms. The van der Waals surface area contributed by atoms with Crippen LogP contribution in [0.3, 0.4) is 0 Å². The minimum absolute atomic E-state index is 0.602. The molecule has 3 unspecified atom stereocenters. The van der Waals surface area contributed by atoms with Crippen molar-refractivity contribution in [1.29, 1.82) is 0 Å². The Morgan fingerprint density at radius 1 is 1.57 bits per heavy atom. The highest BCUT2D eigenvalue weighted by Crippen LogP contribution is 2.43. The van der Waals surface area contributed by atoms with E-state index in [2.05, 4.69) is 41.2 Å². The number of nitrogens with one attached hydrogen (secondary N) is 1. The maximum atomic E-state index is 5.57. The fraction of sp³-hybridized carbons (Fsp3) is 0.636. The second kappa shape index (κ2) is 4.07. The second-order valence-corrected chi connectivity index (χ2v) is 4.79. The number of hydrogen-bond acceptors (Lipinski definition) is 2. The van der Waals surface area contributed by atoms with Crippen LogP contribution < -0.4 is 5.32 Å². The predicted molar refractivity (Wildman–Crippen MR) is 60.4 cm³/mol. The van der Waals surface area contributed by atoms with E-state index in [9.17, 15) is 0 Å². The quantitative estimate of drug-likeness (QED) is 0.900. The molecule has 2 rings (SSSR count). The van der Waals surface area contributed by atoms with E-state index in [4.69, 9.17) is 4.42 Å². The molecule has 1 aromatic rings. The van der Waals surface area contributed by atoms with Gasteiger partial charge in [0.25, 0.3) is 0 Å². The van der Waals surface area contributed by atoms with E-state index in [0.29, 0.717) is 17.9 Å². The lowest BCUT2D eigenvalue weighted by molar-refractivity contribution is 0.164. The maximum absolute atomic E-state index is 5.57. The largest absolute Gasteiger partial charge is 0.454 e. The summed E-state index contributed by atoms with van der Waals surface area (Å²) in [6.07, 6.45) is 1.20. The van der Waals surface area contributed by atoms with Crippen LogP contribution in [0.4, 0.5) is 0 Å². The van der Waals surface area contributed by atoms with Crippen molar-refractivity contribution in [2.24, 2.45) is 5.92 Å². The molecule has 3 atom stereocenters. The van der Waals surface area contributed by atoms with Gasteiger partial charge in [0, 0.05) is 12.0 Å². The van der Waals surface area contributed by atoms with Crippen molar-refractivity contribution in [2.45, 2.75) is 32.2 Å². The van der Waals surface area contributed by atoms with Crippen molar-refractivity contribution in [3.63, 3.8) is 0 Å². The average Bonchev–Trinajstić information content (AvgIpc) is 2.57. The van der Waals surface area contributed by atoms with Crippen LogP contribution in [0.15, 0.2) is 21.2 Å². The van der Waals surface area contributed by atoms with Gasteiger partial charge in [-0.15, -0.1) is 0 Å². The highest BCUT2D eigenvalue weighted by atomic mass is 79.9. The van der Waals surface area contributed by atoms with Crippen LogP contribution in [-0.4, -0.2) is 12.6 Å². The Morgan fingerprint density at radius 2 is 2.36 bits per heavy atom. The van der Waals surface area contributed by atoms with Crippen molar-refractivity contribution in [2.75, 3.05) is 6.54 Å². The molecular formula is C11H16BrNO. The van der Waals surface area contributed by atoms with Gasteiger partial charge in [-0.25, -0.2) is 0 Å². The number of hydrogen-bond donors (Lipinski definition) is 1. The first-order valence-electron chi connectivity index (χ1n) is 5.21. The van der Waals surface area contributed by atoms with Crippen molar-refractivity contribution >= 4 is 15.9 Å². The monoisotopic (exact) mass is 257 g/mol. The number of furan rings is 1. The molecule has 0 spiro atoms. The van der Waals surface area contributed by atoms with Gasteiger partial charge in [0.15, 0.2) is 4.67 Å². The molecule has 1 fully saturated rings. The van der Waals surface area contributed by atoms with Crippen molar-refractivity contribution in [3.05, 3.63) is 22.6 Å². The van der Waals surface area contributed by atoms with Crippen LogP contribution in [0.25, 0.3) is 0 Å². The molecule has 78 valence electrons. The highest BCUT2D eigenvalue weighted by Gasteiger charge is 2.39. The lowest BCUT2D eigenvalue weighted by Gasteiger charge is -2.42. The van der Waals surface area contributed by atoms with Crippen molar-refractivity contribution in [3.8, 4) is 0 Å². The molecule has 2 nitrogen and oxygen atoms in total. The van der Waals surface area contributed by atoms with Crippen molar-refractivity contribution in [1.82, 2.24) is 5.32 Å². The predicted octanol–water partition coefficient (Wildman–Crippen LogP) is 3.14. The summed E-state index contributed by atoms with van der Waals surface area (Å²) < 4.78 is 6.41. The maximum Gasteiger partial charge on any atom is 0.169 e. The van der Waals surface area contributed by atoms with E-state index in [1.54, 1.807) is 0 Å². The summed E-state index contributed by atoms with van der Waals surface area (Å²) in [6.45, 7) is 5.50. The molecule has 1 saturated carbocycles. The number of halogens is 1. The van der Waals surface area contributed by atoms with Crippen LogP contribution in [-0.2, 0) is 0 Å². The van der Waals surface area contributed by atoms with Gasteiger partial charge in [0.2, 0.25) is 0 Å². The highest BCUT2D eigenvalue weighted by molar-refractivity contribution is 9.10.